The fourth-order valence-electron chi connectivity index (χ4n) is 1.85. The number of nitrogens with zero attached hydrogens (tertiary/aromatic N) is 3. The summed E-state index contributed by atoms with van der Waals surface area (Å²) in [7, 11) is 1.81. The Morgan fingerprint density at radius 1 is 1.42 bits per heavy atom. The number of hydrogen-bond donors (Lipinski definition) is 2. The second-order valence-electron chi connectivity index (χ2n) is 4.06. The van der Waals surface area contributed by atoms with Crippen molar-refractivity contribution in [2.75, 3.05) is 0 Å². The molecule has 5 nitrogen and oxygen atoms in total. The Bertz CT molecular complexity index is 567. The van der Waals surface area contributed by atoms with Gasteiger partial charge in [-0.3, -0.25) is 11.3 Å². The van der Waals surface area contributed by atoms with Gasteiger partial charge in [-0.25, -0.2) is 4.68 Å². The molecule has 1 atom stereocenters. The number of hydrogen-bond acceptors (Lipinski definition) is 4. The molecule has 0 amide bonds. The molecule has 0 saturated heterocycles. The molecular weight excluding hydrogens is 353 g/mol. The van der Waals surface area contributed by atoms with Gasteiger partial charge in [-0.1, -0.05) is 34.5 Å². The van der Waals surface area contributed by atoms with E-state index in [4.69, 9.17) is 29.0 Å². The normalized spacial score (nSPS) is 12.7. The topological polar surface area (TPSA) is 68.8 Å². The minimum Gasteiger partial charge on any atom is -0.271 e. The highest BCUT2D eigenvalue weighted by molar-refractivity contribution is 9.10. The summed E-state index contributed by atoms with van der Waals surface area (Å²) in [5.74, 6) is 5.62. The van der Waals surface area contributed by atoms with Crippen LogP contribution in [-0.4, -0.2) is 15.0 Å². The number of aromatic nitrogens is 3. The summed E-state index contributed by atoms with van der Waals surface area (Å²) in [6.45, 7) is 0. The average Bonchev–Trinajstić information content (AvgIpc) is 2.71. The third-order valence-electron chi connectivity index (χ3n) is 2.78. The molecule has 3 N–H and O–H groups in total. The quantitative estimate of drug-likeness (QED) is 0.646. The monoisotopic (exact) mass is 363 g/mol. The van der Waals surface area contributed by atoms with E-state index in [1.165, 1.54) is 0 Å². The fourth-order valence-corrected chi connectivity index (χ4v) is 2.77. The Kier molecular flexibility index (Phi) is 4.81. The molecular formula is C11H12BrCl2N5. The third-order valence-corrected chi connectivity index (χ3v) is 4.09. The third kappa shape index (κ3) is 3.27. The number of nitrogens with two attached hydrogens (primary N) is 1. The summed E-state index contributed by atoms with van der Waals surface area (Å²) in [5.41, 5.74) is 4.65. The lowest BCUT2D eigenvalue weighted by Crippen LogP contribution is -2.31. The van der Waals surface area contributed by atoms with Gasteiger partial charge in [0.1, 0.15) is 0 Å². The van der Waals surface area contributed by atoms with E-state index in [-0.39, 0.29) is 6.04 Å². The molecule has 1 unspecified atom stereocenters. The Morgan fingerprint density at radius 2 is 2.16 bits per heavy atom. The molecule has 0 spiro atoms. The van der Waals surface area contributed by atoms with Crippen molar-refractivity contribution in [3.05, 3.63) is 44.1 Å². The molecule has 0 radical (unpaired) electrons. The Labute approximate surface area is 129 Å². The first kappa shape index (κ1) is 14.7. The molecule has 0 aliphatic carbocycles. The first-order valence-corrected chi connectivity index (χ1v) is 7.03. The molecule has 0 fully saturated rings. The number of aryl methyl sites for hydroxylation is 1. The van der Waals surface area contributed by atoms with E-state index in [1.54, 1.807) is 10.7 Å². The van der Waals surface area contributed by atoms with Crippen LogP contribution in [0.2, 0.25) is 10.0 Å². The van der Waals surface area contributed by atoms with Crippen molar-refractivity contribution >= 4 is 39.1 Å². The van der Waals surface area contributed by atoms with E-state index < -0.39 is 0 Å². The lowest BCUT2D eigenvalue weighted by Gasteiger charge is -2.16. The van der Waals surface area contributed by atoms with Crippen LogP contribution in [0.15, 0.2) is 22.8 Å². The second kappa shape index (κ2) is 6.19. The van der Waals surface area contributed by atoms with Crippen LogP contribution in [0.25, 0.3) is 0 Å². The molecule has 0 saturated carbocycles. The van der Waals surface area contributed by atoms with Crippen LogP contribution in [0.1, 0.15) is 17.3 Å². The van der Waals surface area contributed by atoms with Gasteiger partial charge in [0.2, 0.25) is 0 Å². The zero-order valence-electron chi connectivity index (χ0n) is 10.1. The van der Waals surface area contributed by atoms with Crippen LogP contribution in [0.4, 0.5) is 0 Å². The molecule has 19 heavy (non-hydrogen) atoms. The predicted octanol–water partition coefficient (Wildman–Crippen LogP) is 2.63. The molecule has 0 aliphatic heterocycles. The lowest BCUT2D eigenvalue weighted by molar-refractivity contribution is 0.505. The van der Waals surface area contributed by atoms with Gasteiger partial charge < -0.3 is 0 Å². The minimum atomic E-state index is -0.133. The second-order valence-corrected chi connectivity index (χ2v) is 5.63. The Hall–Kier alpha value is -0.660. The van der Waals surface area contributed by atoms with Crippen LogP contribution in [0.5, 0.6) is 0 Å². The molecule has 0 bridgehead atoms. The average molecular weight is 365 g/mol. The molecule has 8 heteroatoms. The number of nitrogens with one attached hydrogen (secondary N) is 1. The predicted molar refractivity (Wildman–Crippen MR) is 78.9 cm³/mol. The molecule has 1 aromatic heterocycles. The van der Waals surface area contributed by atoms with Gasteiger partial charge in [-0.05, 0) is 40.0 Å². The lowest BCUT2D eigenvalue weighted by atomic mass is 10.0. The van der Waals surface area contributed by atoms with Crippen LogP contribution in [0.3, 0.4) is 0 Å². The summed E-state index contributed by atoms with van der Waals surface area (Å²) >= 11 is 15.3. The zero-order chi connectivity index (χ0) is 14.0. The molecule has 2 aromatic rings. The van der Waals surface area contributed by atoms with Crippen molar-refractivity contribution in [1.82, 2.24) is 20.4 Å². The van der Waals surface area contributed by atoms with E-state index in [2.05, 4.69) is 31.7 Å². The van der Waals surface area contributed by atoms with E-state index in [0.717, 1.165) is 11.3 Å². The van der Waals surface area contributed by atoms with Crippen molar-refractivity contribution in [1.29, 1.82) is 0 Å². The van der Waals surface area contributed by atoms with E-state index >= 15 is 0 Å². The summed E-state index contributed by atoms with van der Waals surface area (Å²) < 4.78 is 2.34. The van der Waals surface area contributed by atoms with Gasteiger partial charge in [-0.15, -0.1) is 5.10 Å². The number of hydrazine groups is 1. The maximum Gasteiger partial charge on any atom is 0.153 e. The van der Waals surface area contributed by atoms with Crippen LogP contribution < -0.4 is 11.3 Å². The smallest absolute Gasteiger partial charge is 0.153 e. The fraction of sp³-hybridized carbons (Fsp3) is 0.273. The Morgan fingerprint density at radius 3 is 2.68 bits per heavy atom. The maximum absolute atomic E-state index is 6.01. The van der Waals surface area contributed by atoms with Gasteiger partial charge in [-0.2, -0.15) is 0 Å². The van der Waals surface area contributed by atoms with Crippen LogP contribution in [0, 0.1) is 0 Å². The maximum atomic E-state index is 6.01. The Balaban J connectivity index is 2.26. The highest BCUT2D eigenvalue weighted by Gasteiger charge is 2.19. The van der Waals surface area contributed by atoms with Crippen LogP contribution in [-0.2, 0) is 13.5 Å². The first-order valence-electron chi connectivity index (χ1n) is 5.48. The molecule has 2 rings (SSSR count). The summed E-state index contributed by atoms with van der Waals surface area (Å²) in [6.07, 6.45) is 0.646. The molecule has 102 valence electrons. The van der Waals surface area contributed by atoms with E-state index in [1.807, 2.05) is 19.2 Å². The van der Waals surface area contributed by atoms with E-state index in [9.17, 15) is 0 Å². The van der Waals surface area contributed by atoms with Gasteiger partial charge in [0.05, 0.1) is 21.8 Å². The van der Waals surface area contributed by atoms with E-state index in [0.29, 0.717) is 21.1 Å². The van der Waals surface area contributed by atoms with Gasteiger partial charge in [0.15, 0.2) is 4.60 Å². The van der Waals surface area contributed by atoms with Crippen molar-refractivity contribution < 1.29 is 0 Å². The highest BCUT2D eigenvalue weighted by atomic mass is 79.9. The van der Waals surface area contributed by atoms with Gasteiger partial charge in [0, 0.05) is 7.05 Å². The van der Waals surface area contributed by atoms with Crippen molar-refractivity contribution in [3.63, 3.8) is 0 Å². The summed E-state index contributed by atoms with van der Waals surface area (Å²) in [6, 6.07) is 5.37. The zero-order valence-corrected chi connectivity index (χ0v) is 13.2. The molecule has 1 aromatic carbocycles. The number of benzene rings is 1. The van der Waals surface area contributed by atoms with Crippen molar-refractivity contribution in [3.8, 4) is 0 Å². The summed E-state index contributed by atoms with van der Waals surface area (Å²) in [4.78, 5) is 0. The molecule has 1 heterocycles. The van der Waals surface area contributed by atoms with Crippen molar-refractivity contribution in [2.24, 2.45) is 12.9 Å². The van der Waals surface area contributed by atoms with Gasteiger partial charge >= 0.3 is 0 Å². The minimum absolute atomic E-state index is 0.133. The number of halogens is 3. The standard InChI is InChI=1S/C11H12BrCl2N5/c1-19-10(11(12)17-18-19)9(16-15)5-6-2-3-7(13)8(14)4-6/h2-4,9,16H,5,15H2,1H3. The summed E-state index contributed by atoms with van der Waals surface area (Å²) in [5, 5.41) is 8.94. The first-order chi connectivity index (χ1) is 9.02. The highest BCUT2D eigenvalue weighted by Crippen LogP contribution is 2.27. The SMILES string of the molecule is Cn1nnc(Br)c1C(Cc1ccc(Cl)c(Cl)c1)NN. The van der Waals surface area contributed by atoms with Crippen molar-refractivity contribution in [2.45, 2.75) is 12.5 Å². The molecule has 0 aliphatic rings. The largest absolute Gasteiger partial charge is 0.271 e. The van der Waals surface area contributed by atoms with Gasteiger partial charge in [0.25, 0.3) is 0 Å². The number of rotatable bonds is 4. The van der Waals surface area contributed by atoms with Crippen LogP contribution >= 0.6 is 39.1 Å².